The number of fused-ring (bicyclic) bond motifs is 1. The van der Waals surface area contributed by atoms with Crippen LogP contribution in [0.3, 0.4) is 0 Å². The zero-order valence-corrected chi connectivity index (χ0v) is 17.1. The van der Waals surface area contributed by atoms with E-state index in [-0.39, 0.29) is 18.5 Å². The van der Waals surface area contributed by atoms with E-state index in [1.165, 1.54) is 11.3 Å². The maximum atomic E-state index is 13.3. The highest BCUT2D eigenvalue weighted by Gasteiger charge is 2.51. The Labute approximate surface area is 166 Å². The molecule has 1 aromatic rings. The summed E-state index contributed by atoms with van der Waals surface area (Å²) in [6.45, 7) is 6.45. The van der Waals surface area contributed by atoms with Gasteiger partial charge in [-0.1, -0.05) is 36.8 Å². The van der Waals surface area contributed by atoms with Crippen LogP contribution in [0, 0.1) is 12.8 Å². The molecule has 0 aliphatic carbocycles. The molecule has 0 spiro atoms. The number of rotatable bonds is 2. The minimum absolute atomic E-state index is 0.167. The van der Waals surface area contributed by atoms with Crippen molar-refractivity contribution in [3.8, 4) is 0 Å². The summed E-state index contributed by atoms with van der Waals surface area (Å²) in [4.78, 5) is 38.2. The zero-order chi connectivity index (χ0) is 20.0. The molecule has 7 nitrogen and oxygen atoms in total. The first kappa shape index (κ1) is 18.8. The number of carbonyl (C=O) groups is 2. The standard InChI is InChI=1S/C21H29N5O2/c1-14-7-9-16(10-8-14)13-26-19(27)17-18(24(4)21(26)28)22-20(23(17)3)25-11-5-6-15(2)12-25/h7-10,15,17-18H,5-6,11-13H2,1-4H3. The van der Waals surface area contributed by atoms with Gasteiger partial charge in [-0.15, -0.1) is 0 Å². The summed E-state index contributed by atoms with van der Waals surface area (Å²) < 4.78 is 0. The van der Waals surface area contributed by atoms with Gasteiger partial charge < -0.3 is 14.7 Å². The number of nitrogens with zero attached hydrogens (tertiary/aromatic N) is 5. The lowest BCUT2D eigenvalue weighted by molar-refractivity contribution is -0.137. The number of guanidine groups is 1. The number of aliphatic imine (C=N–C) groups is 1. The maximum absolute atomic E-state index is 13.3. The van der Waals surface area contributed by atoms with Crippen molar-refractivity contribution in [2.24, 2.45) is 10.9 Å². The van der Waals surface area contributed by atoms with Gasteiger partial charge in [0.25, 0.3) is 5.91 Å². The van der Waals surface area contributed by atoms with Gasteiger partial charge in [-0.2, -0.15) is 0 Å². The molecule has 2 fully saturated rings. The Bertz CT molecular complexity index is 806. The maximum Gasteiger partial charge on any atom is 0.328 e. The Kier molecular flexibility index (Phi) is 4.77. The van der Waals surface area contributed by atoms with Crippen molar-refractivity contribution in [3.05, 3.63) is 35.4 Å². The Morgan fingerprint density at radius 2 is 1.82 bits per heavy atom. The fourth-order valence-electron chi connectivity index (χ4n) is 4.45. The van der Waals surface area contributed by atoms with Crippen molar-refractivity contribution in [2.75, 3.05) is 27.2 Å². The van der Waals surface area contributed by atoms with Gasteiger partial charge in [0.2, 0.25) is 0 Å². The number of carbonyl (C=O) groups excluding carboxylic acids is 2. The molecule has 0 bridgehead atoms. The number of imide groups is 1. The molecule has 4 rings (SSSR count). The summed E-state index contributed by atoms with van der Waals surface area (Å²) in [6, 6.07) is 7.20. The largest absolute Gasteiger partial charge is 0.342 e. The molecule has 28 heavy (non-hydrogen) atoms. The normalized spacial score (nSPS) is 28.0. The second-order valence-electron chi connectivity index (χ2n) is 8.40. The van der Waals surface area contributed by atoms with Gasteiger partial charge in [-0.3, -0.25) is 9.69 Å². The van der Waals surface area contributed by atoms with Crippen LogP contribution in [-0.2, 0) is 11.3 Å². The summed E-state index contributed by atoms with van der Waals surface area (Å²) in [5.74, 6) is 1.28. The van der Waals surface area contributed by atoms with E-state index in [0.717, 1.165) is 36.6 Å². The summed E-state index contributed by atoms with van der Waals surface area (Å²) in [6.07, 6.45) is 1.90. The van der Waals surface area contributed by atoms with E-state index >= 15 is 0 Å². The summed E-state index contributed by atoms with van der Waals surface area (Å²) in [5.41, 5.74) is 2.10. The minimum Gasteiger partial charge on any atom is -0.342 e. The van der Waals surface area contributed by atoms with E-state index < -0.39 is 12.2 Å². The monoisotopic (exact) mass is 383 g/mol. The average molecular weight is 383 g/mol. The molecular formula is C21H29N5O2. The van der Waals surface area contributed by atoms with E-state index in [1.807, 2.05) is 43.1 Å². The van der Waals surface area contributed by atoms with Gasteiger partial charge in [0.05, 0.1) is 6.54 Å². The van der Waals surface area contributed by atoms with Crippen LogP contribution in [0.2, 0.25) is 0 Å². The van der Waals surface area contributed by atoms with Crippen LogP contribution in [0.1, 0.15) is 30.9 Å². The summed E-state index contributed by atoms with van der Waals surface area (Å²) in [5, 5.41) is 0. The number of likely N-dealkylation sites (N-methyl/N-ethyl adjacent to an activating group) is 2. The Hall–Kier alpha value is -2.57. The molecule has 0 aromatic heterocycles. The zero-order valence-electron chi connectivity index (χ0n) is 17.1. The van der Waals surface area contributed by atoms with Gasteiger partial charge in [0.15, 0.2) is 18.2 Å². The molecule has 7 heteroatoms. The van der Waals surface area contributed by atoms with Gasteiger partial charge in [-0.05, 0) is 31.2 Å². The Morgan fingerprint density at radius 3 is 2.50 bits per heavy atom. The van der Waals surface area contributed by atoms with Crippen LogP contribution >= 0.6 is 0 Å². The molecule has 0 N–H and O–H groups in total. The molecule has 3 heterocycles. The smallest absolute Gasteiger partial charge is 0.328 e. The van der Waals surface area contributed by atoms with Crippen LogP contribution in [0.15, 0.2) is 29.3 Å². The van der Waals surface area contributed by atoms with Gasteiger partial charge >= 0.3 is 6.03 Å². The number of benzene rings is 1. The van der Waals surface area contributed by atoms with E-state index in [1.54, 1.807) is 11.9 Å². The highest BCUT2D eigenvalue weighted by Crippen LogP contribution is 2.30. The van der Waals surface area contributed by atoms with E-state index in [2.05, 4.69) is 11.8 Å². The number of hydrogen-bond donors (Lipinski definition) is 0. The van der Waals surface area contributed by atoms with Crippen LogP contribution in [0.25, 0.3) is 0 Å². The van der Waals surface area contributed by atoms with Crippen LogP contribution in [0.5, 0.6) is 0 Å². The molecule has 3 aliphatic heterocycles. The third-order valence-electron chi connectivity index (χ3n) is 6.11. The summed E-state index contributed by atoms with van der Waals surface area (Å²) >= 11 is 0. The van der Waals surface area contributed by atoms with E-state index in [9.17, 15) is 9.59 Å². The van der Waals surface area contributed by atoms with E-state index in [4.69, 9.17) is 4.99 Å². The first-order valence-electron chi connectivity index (χ1n) is 10.1. The van der Waals surface area contributed by atoms with Crippen molar-refractivity contribution >= 4 is 17.9 Å². The van der Waals surface area contributed by atoms with Crippen LogP contribution in [-0.4, -0.2) is 76.9 Å². The number of amides is 3. The van der Waals surface area contributed by atoms with Crippen molar-refractivity contribution < 1.29 is 9.59 Å². The highest BCUT2D eigenvalue weighted by molar-refractivity contribution is 6.03. The second-order valence-corrected chi connectivity index (χ2v) is 8.40. The Balaban J connectivity index is 1.57. The van der Waals surface area contributed by atoms with Gasteiger partial charge in [0.1, 0.15) is 0 Å². The SMILES string of the molecule is Cc1ccc(CN2C(=O)C3C(N=C(N4CCCC(C)C4)N3C)N(C)C2=O)cc1. The van der Waals surface area contributed by atoms with Gasteiger partial charge in [0, 0.05) is 27.2 Å². The third-order valence-corrected chi connectivity index (χ3v) is 6.11. The van der Waals surface area contributed by atoms with E-state index in [0.29, 0.717) is 5.92 Å². The molecule has 2 saturated heterocycles. The fourth-order valence-corrected chi connectivity index (χ4v) is 4.45. The molecular weight excluding hydrogens is 354 g/mol. The molecule has 0 radical (unpaired) electrons. The summed E-state index contributed by atoms with van der Waals surface area (Å²) in [7, 11) is 3.67. The molecule has 3 unspecified atom stereocenters. The quantitative estimate of drug-likeness (QED) is 0.785. The van der Waals surface area contributed by atoms with Gasteiger partial charge in [-0.25, -0.2) is 9.79 Å². The molecule has 3 amide bonds. The number of aryl methyl sites for hydroxylation is 1. The number of urea groups is 1. The van der Waals surface area contributed by atoms with Crippen molar-refractivity contribution in [1.29, 1.82) is 0 Å². The topological polar surface area (TPSA) is 59.5 Å². The van der Waals surface area contributed by atoms with Crippen molar-refractivity contribution in [1.82, 2.24) is 19.6 Å². The third kappa shape index (κ3) is 3.12. The lowest BCUT2D eigenvalue weighted by Crippen LogP contribution is -2.64. The average Bonchev–Trinajstić information content (AvgIpc) is 3.02. The van der Waals surface area contributed by atoms with Crippen LogP contribution < -0.4 is 0 Å². The minimum atomic E-state index is -0.458. The lowest BCUT2D eigenvalue weighted by atomic mass is 10.0. The molecule has 3 aliphatic rings. The molecule has 0 saturated carbocycles. The van der Waals surface area contributed by atoms with Crippen molar-refractivity contribution in [2.45, 2.75) is 45.4 Å². The highest BCUT2D eigenvalue weighted by atomic mass is 16.2. The predicted molar refractivity (Wildman–Crippen MR) is 108 cm³/mol. The first-order valence-corrected chi connectivity index (χ1v) is 10.1. The molecule has 3 atom stereocenters. The van der Waals surface area contributed by atoms with Crippen molar-refractivity contribution in [3.63, 3.8) is 0 Å². The lowest BCUT2D eigenvalue weighted by Gasteiger charge is -2.41. The van der Waals surface area contributed by atoms with Crippen LogP contribution in [0.4, 0.5) is 4.79 Å². The first-order chi connectivity index (χ1) is 13.4. The molecule has 1 aromatic carbocycles. The fraction of sp³-hybridized carbons (Fsp3) is 0.571. The predicted octanol–water partition coefficient (Wildman–Crippen LogP) is 2.12. The molecule has 150 valence electrons. The number of piperidine rings is 1. The number of likely N-dealkylation sites (tertiary alicyclic amines) is 1. The Morgan fingerprint density at radius 1 is 1.11 bits per heavy atom. The second kappa shape index (κ2) is 7.11. The number of hydrogen-bond acceptors (Lipinski definition) is 5.